The van der Waals surface area contributed by atoms with E-state index in [1.165, 1.54) is 12.1 Å². The van der Waals surface area contributed by atoms with Crippen LogP contribution in [0.5, 0.6) is 34.5 Å². The van der Waals surface area contributed by atoms with E-state index in [0.717, 1.165) is 18.2 Å². The summed E-state index contributed by atoms with van der Waals surface area (Å²) in [5, 5.41) is 89.3. The van der Waals surface area contributed by atoms with Gasteiger partial charge in [0.05, 0.1) is 18.2 Å². The number of phenolic OH excluding ortho intramolecular Hbond substituents is 5. The van der Waals surface area contributed by atoms with E-state index in [-0.39, 0.29) is 34.1 Å². The number of aromatic hydroxyl groups is 6. The van der Waals surface area contributed by atoms with E-state index in [4.69, 9.17) is 9.47 Å². The largest absolute Gasteiger partial charge is 0.571 e. The van der Waals surface area contributed by atoms with Gasteiger partial charge >= 0.3 is 0 Å². The molecule has 1 fully saturated rings. The smallest absolute Gasteiger partial charge is 0.270 e. The van der Waals surface area contributed by atoms with Crippen molar-refractivity contribution in [3.8, 4) is 34.5 Å². The number of aliphatic hydroxyl groups is 5. The van der Waals surface area contributed by atoms with Crippen LogP contribution in [0.4, 0.5) is 0 Å². The standard InChI is InChI=1S/C21H22O12/c22-6-15-17(28)18(29)19(30)21(33-15)32-14-5-9-10(24)3-8(23)4-13(9)31-20(14)7-1-11(25)16(27)12(26)2-7/h1-5,15,17-30H,6H2/p+1/t15-,17+,18-,19-,20?,21-/m1/s1. The zero-order valence-corrected chi connectivity index (χ0v) is 16.8. The number of hydrogen-bond donors (Lipinski definition) is 9. The van der Waals surface area contributed by atoms with Crippen molar-refractivity contribution in [2.45, 2.75) is 36.8 Å². The van der Waals surface area contributed by atoms with Crippen molar-refractivity contribution in [3.05, 3.63) is 41.2 Å². The van der Waals surface area contributed by atoms with Crippen LogP contribution in [0.15, 0.2) is 30.0 Å². The normalized spacial score (nSPS) is 29.0. The minimum atomic E-state index is -1.74. The maximum absolute atomic E-state index is 10.3. The van der Waals surface area contributed by atoms with Crippen molar-refractivity contribution in [1.82, 2.24) is 0 Å². The van der Waals surface area contributed by atoms with Gasteiger partial charge in [-0.15, -0.1) is 0 Å². The van der Waals surface area contributed by atoms with Crippen LogP contribution in [0.25, 0.3) is 6.08 Å². The Balaban J connectivity index is 1.76. The zero-order valence-electron chi connectivity index (χ0n) is 16.8. The summed E-state index contributed by atoms with van der Waals surface area (Å²) >= 11 is 0. The number of hydrogen-bond acceptors (Lipinski definition) is 11. The molecule has 2 heterocycles. The first-order chi connectivity index (χ1) is 15.6. The molecular formula is C21H23O12+. The molecule has 2 aliphatic rings. The molecular weight excluding hydrogens is 444 g/mol. The van der Waals surface area contributed by atoms with Crippen molar-refractivity contribution in [2.24, 2.45) is 0 Å². The highest BCUT2D eigenvalue weighted by Gasteiger charge is 2.46. The summed E-state index contributed by atoms with van der Waals surface area (Å²) in [6.45, 7) is -0.680. The van der Waals surface area contributed by atoms with Crippen molar-refractivity contribution < 1.29 is 60.2 Å². The number of aliphatic hydroxyl groups excluding tert-OH is 4. The first-order valence-electron chi connectivity index (χ1n) is 9.81. The Morgan fingerprint density at radius 1 is 0.848 bits per heavy atom. The minimum absolute atomic E-state index is 0.0858. The van der Waals surface area contributed by atoms with Crippen molar-refractivity contribution >= 4 is 6.08 Å². The quantitative estimate of drug-likeness (QED) is 0.204. The molecule has 1 unspecified atom stereocenters. The lowest BCUT2D eigenvalue weighted by Gasteiger charge is -2.40. The molecule has 2 aliphatic heterocycles. The lowest BCUT2D eigenvalue weighted by atomic mass is 9.98. The van der Waals surface area contributed by atoms with Gasteiger partial charge in [0.15, 0.2) is 23.0 Å². The highest BCUT2D eigenvalue weighted by Crippen LogP contribution is 2.47. The number of fused-ring (bicyclic) bond motifs is 1. The molecule has 6 atom stereocenters. The molecule has 2 aromatic rings. The van der Waals surface area contributed by atoms with E-state index in [1.54, 1.807) is 0 Å². The molecule has 0 radical (unpaired) electrons. The summed E-state index contributed by atoms with van der Waals surface area (Å²) in [6.07, 6.45) is -7.70. The molecule has 10 N–H and O–H groups in total. The third-order valence-electron chi connectivity index (χ3n) is 5.45. The summed E-state index contributed by atoms with van der Waals surface area (Å²) < 4.78 is 15.5. The molecule has 4 rings (SSSR count). The van der Waals surface area contributed by atoms with E-state index in [1.807, 2.05) is 0 Å². The average Bonchev–Trinajstić information content (AvgIpc) is 2.77. The Morgan fingerprint density at radius 3 is 2.15 bits per heavy atom. The molecule has 12 heteroatoms. The van der Waals surface area contributed by atoms with Gasteiger partial charge in [-0.05, 0) is 12.1 Å². The molecule has 33 heavy (non-hydrogen) atoms. The topological polar surface area (TPSA) is 213 Å². The van der Waals surface area contributed by atoms with Crippen LogP contribution in [0.2, 0.25) is 0 Å². The number of benzene rings is 2. The SMILES string of the molecule is OC[C@H]1O[C@@H](OC2=Cc3c(O)cc(O)cc3[OH+]C2c2cc(O)c(O)c(O)c2)[C@H](O)[C@H](O)[C@H]1O. The third kappa shape index (κ3) is 4.05. The maximum atomic E-state index is 10.3. The molecule has 0 aromatic heterocycles. The van der Waals surface area contributed by atoms with Gasteiger partial charge in [0, 0.05) is 12.1 Å². The van der Waals surface area contributed by atoms with Crippen LogP contribution in [0.3, 0.4) is 0 Å². The number of ether oxygens (including phenoxy) is 3. The Morgan fingerprint density at radius 2 is 1.52 bits per heavy atom. The summed E-state index contributed by atoms with van der Waals surface area (Å²) in [7, 11) is 0. The van der Waals surface area contributed by atoms with Gasteiger partial charge in [0.1, 0.15) is 41.5 Å². The van der Waals surface area contributed by atoms with Crippen molar-refractivity contribution in [3.63, 3.8) is 0 Å². The van der Waals surface area contributed by atoms with Gasteiger partial charge < -0.3 is 60.2 Å². The molecule has 12 nitrogen and oxygen atoms in total. The van der Waals surface area contributed by atoms with Gasteiger partial charge in [-0.1, -0.05) is 0 Å². The fourth-order valence-electron chi connectivity index (χ4n) is 3.71. The fraction of sp³-hybridized carbons (Fsp3) is 0.333. The van der Waals surface area contributed by atoms with Crippen LogP contribution < -0.4 is 0 Å². The Kier molecular flexibility index (Phi) is 5.86. The monoisotopic (exact) mass is 467 g/mol. The van der Waals surface area contributed by atoms with E-state index >= 15 is 0 Å². The lowest BCUT2D eigenvalue weighted by Crippen LogP contribution is -2.59. The van der Waals surface area contributed by atoms with Gasteiger partial charge in [-0.3, -0.25) is 0 Å². The van der Waals surface area contributed by atoms with Crippen molar-refractivity contribution in [2.75, 3.05) is 6.61 Å². The van der Waals surface area contributed by atoms with Gasteiger partial charge in [-0.25, -0.2) is 0 Å². The highest BCUT2D eigenvalue weighted by molar-refractivity contribution is 5.69. The average molecular weight is 467 g/mol. The Hall–Kier alpha value is -3.42. The van der Waals surface area contributed by atoms with Crippen LogP contribution in [-0.2, 0) is 9.47 Å². The van der Waals surface area contributed by atoms with Crippen LogP contribution in [0.1, 0.15) is 17.2 Å². The molecule has 2 aromatic carbocycles. The zero-order chi connectivity index (χ0) is 24.0. The third-order valence-corrected chi connectivity index (χ3v) is 5.45. The predicted molar refractivity (Wildman–Crippen MR) is 108 cm³/mol. The maximum Gasteiger partial charge on any atom is 0.270 e. The van der Waals surface area contributed by atoms with Crippen LogP contribution in [0, 0.1) is 0 Å². The Labute approximate surface area is 186 Å². The molecule has 178 valence electrons. The predicted octanol–water partition coefficient (Wildman–Crippen LogP) is -0.632. The molecule has 0 bridgehead atoms. The van der Waals surface area contributed by atoms with E-state index in [0.29, 0.717) is 0 Å². The second kappa shape index (κ2) is 8.50. The second-order valence-electron chi connectivity index (χ2n) is 7.70. The fourth-order valence-corrected chi connectivity index (χ4v) is 3.71. The molecule has 0 aliphatic carbocycles. The highest BCUT2D eigenvalue weighted by atomic mass is 16.7. The number of rotatable bonds is 4. The van der Waals surface area contributed by atoms with E-state index in [2.05, 4.69) is 4.74 Å². The van der Waals surface area contributed by atoms with Gasteiger partial charge in [0.25, 0.3) is 11.9 Å². The first-order valence-corrected chi connectivity index (χ1v) is 9.81. The minimum Gasteiger partial charge on any atom is -0.571 e. The molecule has 0 amide bonds. The van der Waals surface area contributed by atoms with Gasteiger partial charge in [0.2, 0.25) is 6.29 Å². The van der Waals surface area contributed by atoms with Crippen LogP contribution >= 0.6 is 0 Å². The lowest BCUT2D eigenvalue weighted by molar-refractivity contribution is -0.295. The number of phenols is 5. The summed E-state index contributed by atoms with van der Waals surface area (Å²) in [5.74, 6) is -2.65. The molecule has 1 saturated heterocycles. The Bertz CT molecular complexity index is 1060. The first kappa shape index (κ1) is 22.8. The van der Waals surface area contributed by atoms with Gasteiger partial charge in [-0.2, -0.15) is 0 Å². The second-order valence-corrected chi connectivity index (χ2v) is 7.70. The van der Waals surface area contributed by atoms with E-state index in [9.17, 15) is 46.0 Å². The summed E-state index contributed by atoms with van der Waals surface area (Å²) in [4.78, 5) is 0. The summed E-state index contributed by atoms with van der Waals surface area (Å²) in [5.41, 5.74) is 0.253. The molecule has 0 spiro atoms. The summed E-state index contributed by atoms with van der Waals surface area (Å²) in [6, 6.07) is 4.51. The van der Waals surface area contributed by atoms with Crippen LogP contribution in [-0.4, -0.2) is 88.0 Å². The van der Waals surface area contributed by atoms with E-state index < -0.39 is 60.7 Å². The molecule has 0 saturated carbocycles. The van der Waals surface area contributed by atoms with Crippen molar-refractivity contribution in [1.29, 1.82) is 0 Å².